The average Bonchev–Trinajstić information content (AvgIpc) is 2.28. The highest BCUT2D eigenvalue weighted by Gasteiger charge is 2.45. The molecule has 0 aliphatic carbocycles. The molecule has 5 atom stereocenters. The van der Waals surface area contributed by atoms with Crippen LogP contribution in [0.2, 0.25) is 0 Å². The first kappa shape index (κ1) is 14.8. The summed E-state index contributed by atoms with van der Waals surface area (Å²) in [6, 6.07) is 0. The number of rotatable bonds is 4. The maximum absolute atomic E-state index is 10.7. The van der Waals surface area contributed by atoms with E-state index in [1.807, 2.05) is 0 Å². The van der Waals surface area contributed by atoms with E-state index in [1.54, 1.807) is 0 Å². The smallest absolute Gasteiger partial charge is 0.317 e. The highest BCUT2D eigenvalue weighted by Crippen LogP contribution is 2.24. The molecule has 1 fully saturated rings. The minimum atomic E-state index is -1.85. The number of aliphatic hydroxyl groups excluding tert-OH is 4. The molecule has 9 heteroatoms. The van der Waals surface area contributed by atoms with Crippen LogP contribution in [0.1, 0.15) is 6.42 Å². The Morgan fingerprint density at radius 3 is 1.89 bits per heavy atom. The van der Waals surface area contributed by atoms with E-state index in [0.29, 0.717) is 0 Å². The zero-order valence-corrected chi connectivity index (χ0v) is 9.08. The van der Waals surface area contributed by atoms with E-state index in [9.17, 15) is 24.9 Å². The second-order valence-corrected chi connectivity index (χ2v) is 4.00. The molecule has 0 saturated carbocycles. The van der Waals surface area contributed by atoms with Gasteiger partial charge in [0.25, 0.3) is 0 Å². The van der Waals surface area contributed by atoms with Crippen molar-refractivity contribution in [2.75, 3.05) is 0 Å². The Balaban J connectivity index is 2.77. The molecule has 1 saturated heterocycles. The first-order valence-electron chi connectivity index (χ1n) is 5.09. The molecule has 0 unspecified atom stereocenters. The molecule has 1 rings (SSSR count). The standard InChI is InChI=1S/C9H14O9/c10-4-3(1-2(7(13)14)8(15)16)18-9(17)6(12)5(4)11/h2-6,9-12,17H,1H2,(H,13,14)(H,15,16)/t3-,4-,5+,6+,9-/m1/s1. The van der Waals surface area contributed by atoms with Crippen molar-refractivity contribution in [3.63, 3.8) is 0 Å². The maximum Gasteiger partial charge on any atom is 0.317 e. The number of aliphatic hydroxyl groups is 4. The van der Waals surface area contributed by atoms with Gasteiger partial charge in [0.2, 0.25) is 0 Å². The Bertz CT molecular complexity index is 316. The van der Waals surface area contributed by atoms with Gasteiger partial charge in [0.15, 0.2) is 12.2 Å². The molecule has 0 radical (unpaired) electrons. The first-order chi connectivity index (χ1) is 8.25. The average molecular weight is 266 g/mol. The van der Waals surface area contributed by atoms with Crippen LogP contribution in [0.4, 0.5) is 0 Å². The number of hydrogen-bond acceptors (Lipinski definition) is 7. The minimum Gasteiger partial charge on any atom is -0.481 e. The Morgan fingerprint density at radius 1 is 0.944 bits per heavy atom. The van der Waals surface area contributed by atoms with Gasteiger partial charge in [-0.1, -0.05) is 0 Å². The van der Waals surface area contributed by atoms with E-state index < -0.39 is 55.0 Å². The van der Waals surface area contributed by atoms with Crippen molar-refractivity contribution in [1.82, 2.24) is 0 Å². The molecule has 0 spiro atoms. The molecule has 0 aromatic carbocycles. The van der Waals surface area contributed by atoms with Crippen molar-refractivity contribution in [3.8, 4) is 0 Å². The van der Waals surface area contributed by atoms with Gasteiger partial charge >= 0.3 is 11.9 Å². The van der Waals surface area contributed by atoms with Gasteiger partial charge in [-0.2, -0.15) is 0 Å². The van der Waals surface area contributed by atoms with Crippen LogP contribution in [0.25, 0.3) is 0 Å². The van der Waals surface area contributed by atoms with Crippen molar-refractivity contribution < 1.29 is 45.0 Å². The van der Waals surface area contributed by atoms with Crippen LogP contribution in [0, 0.1) is 5.92 Å². The summed E-state index contributed by atoms with van der Waals surface area (Å²) in [7, 11) is 0. The molecule has 1 aliphatic heterocycles. The summed E-state index contributed by atoms with van der Waals surface area (Å²) >= 11 is 0. The lowest BCUT2D eigenvalue weighted by atomic mass is 9.91. The Kier molecular flexibility index (Phi) is 4.59. The Labute approximate surface area is 101 Å². The zero-order chi connectivity index (χ0) is 14.0. The predicted molar refractivity (Wildman–Crippen MR) is 52.3 cm³/mol. The number of ether oxygens (including phenoxy) is 1. The molecule has 9 nitrogen and oxygen atoms in total. The van der Waals surface area contributed by atoms with Gasteiger partial charge in [-0.15, -0.1) is 0 Å². The molecule has 0 aromatic rings. The fraction of sp³-hybridized carbons (Fsp3) is 0.778. The van der Waals surface area contributed by atoms with Crippen molar-refractivity contribution in [3.05, 3.63) is 0 Å². The second-order valence-electron chi connectivity index (χ2n) is 4.00. The SMILES string of the molecule is O=C(O)C(C[C@H]1O[C@@H](O)[C@@H](O)[C@@H](O)[C@@H]1O)C(=O)O. The number of aliphatic carboxylic acids is 2. The lowest BCUT2D eigenvalue weighted by Gasteiger charge is -2.38. The van der Waals surface area contributed by atoms with Crippen molar-refractivity contribution in [2.45, 2.75) is 37.1 Å². The lowest BCUT2D eigenvalue weighted by Crippen LogP contribution is -2.58. The second kappa shape index (κ2) is 5.59. The van der Waals surface area contributed by atoms with Crippen LogP contribution in [-0.4, -0.2) is 73.3 Å². The molecule has 6 N–H and O–H groups in total. The number of hydrogen-bond donors (Lipinski definition) is 6. The van der Waals surface area contributed by atoms with Gasteiger partial charge in [-0.3, -0.25) is 9.59 Å². The van der Waals surface area contributed by atoms with E-state index in [2.05, 4.69) is 4.74 Å². The molecule has 18 heavy (non-hydrogen) atoms. The Morgan fingerprint density at radius 2 is 1.44 bits per heavy atom. The molecule has 104 valence electrons. The normalized spacial score (nSPS) is 36.6. The fourth-order valence-corrected chi connectivity index (χ4v) is 1.67. The van der Waals surface area contributed by atoms with Gasteiger partial charge in [0.1, 0.15) is 18.3 Å². The van der Waals surface area contributed by atoms with Crippen molar-refractivity contribution >= 4 is 11.9 Å². The summed E-state index contributed by atoms with van der Waals surface area (Å²) in [4.78, 5) is 21.3. The third-order valence-corrected chi connectivity index (χ3v) is 2.75. The van der Waals surface area contributed by atoms with Gasteiger partial charge in [-0.05, 0) is 0 Å². The van der Waals surface area contributed by atoms with Crippen molar-refractivity contribution in [2.24, 2.45) is 5.92 Å². The summed E-state index contributed by atoms with van der Waals surface area (Å²) in [5.41, 5.74) is 0. The van der Waals surface area contributed by atoms with E-state index in [4.69, 9.17) is 15.3 Å². The highest BCUT2D eigenvalue weighted by molar-refractivity contribution is 5.92. The molecule has 0 aromatic heterocycles. The maximum atomic E-state index is 10.7. The summed E-state index contributed by atoms with van der Waals surface area (Å²) in [5, 5.41) is 54.5. The molecular formula is C9H14O9. The summed E-state index contributed by atoms with van der Waals surface area (Å²) < 4.78 is 4.68. The summed E-state index contributed by atoms with van der Waals surface area (Å²) in [5.74, 6) is -5.11. The van der Waals surface area contributed by atoms with Crippen LogP contribution < -0.4 is 0 Å². The molecule has 0 bridgehead atoms. The van der Waals surface area contributed by atoms with Gasteiger partial charge in [0.05, 0.1) is 6.10 Å². The molecule has 1 heterocycles. The van der Waals surface area contributed by atoms with Crippen molar-refractivity contribution in [1.29, 1.82) is 0 Å². The van der Waals surface area contributed by atoms with Crippen LogP contribution in [0.3, 0.4) is 0 Å². The summed E-state index contributed by atoms with van der Waals surface area (Å²) in [6.07, 6.45) is -9.06. The Hall–Kier alpha value is -1.26. The molecular weight excluding hydrogens is 252 g/mol. The van der Waals surface area contributed by atoms with Crippen LogP contribution in [-0.2, 0) is 14.3 Å². The van der Waals surface area contributed by atoms with Gasteiger partial charge < -0.3 is 35.4 Å². The fourth-order valence-electron chi connectivity index (χ4n) is 1.67. The number of carboxylic acids is 2. The van der Waals surface area contributed by atoms with E-state index >= 15 is 0 Å². The van der Waals surface area contributed by atoms with Crippen LogP contribution >= 0.6 is 0 Å². The third kappa shape index (κ3) is 2.94. The minimum absolute atomic E-state index is 0.646. The van der Waals surface area contributed by atoms with Crippen LogP contribution in [0.15, 0.2) is 0 Å². The molecule has 1 aliphatic rings. The quantitative estimate of drug-likeness (QED) is 0.290. The predicted octanol–water partition coefficient (Wildman–Crippen LogP) is -3.04. The lowest BCUT2D eigenvalue weighted by molar-refractivity contribution is -0.284. The monoisotopic (exact) mass is 266 g/mol. The van der Waals surface area contributed by atoms with E-state index in [-0.39, 0.29) is 0 Å². The topological polar surface area (TPSA) is 165 Å². The number of carbonyl (C=O) groups is 2. The van der Waals surface area contributed by atoms with Gasteiger partial charge in [-0.25, -0.2) is 0 Å². The largest absolute Gasteiger partial charge is 0.481 e. The molecule has 0 amide bonds. The van der Waals surface area contributed by atoms with E-state index in [0.717, 1.165) is 0 Å². The van der Waals surface area contributed by atoms with E-state index in [1.165, 1.54) is 0 Å². The number of carboxylic acid groups (broad SMARTS) is 2. The first-order valence-corrected chi connectivity index (χ1v) is 5.09. The van der Waals surface area contributed by atoms with Crippen LogP contribution in [0.5, 0.6) is 0 Å². The zero-order valence-electron chi connectivity index (χ0n) is 9.08. The summed E-state index contributed by atoms with van der Waals surface area (Å²) in [6.45, 7) is 0. The third-order valence-electron chi connectivity index (χ3n) is 2.75. The van der Waals surface area contributed by atoms with Gasteiger partial charge in [0, 0.05) is 6.42 Å². The highest BCUT2D eigenvalue weighted by atomic mass is 16.6.